The van der Waals surface area contributed by atoms with Crippen LogP contribution in [0.15, 0.2) is 0 Å². The maximum atomic E-state index is 9.98. The molecule has 0 bridgehead atoms. The summed E-state index contributed by atoms with van der Waals surface area (Å²) >= 11 is 0. The highest BCUT2D eigenvalue weighted by atomic mass is 16.9. The zero-order valence-electron chi connectivity index (χ0n) is 11.1. The summed E-state index contributed by atoms with van der Waals surface area (Å²) < 4.78 is 28.1. The number of rotatable bonds is 1. The molecule has 0 radical (unpaired) electrons. The van der Waals surface area contributed by atoms with Gasteiger partial charge in [0.1, 0.15) is 6.10 Å². The molecule has 3 saturated heterocycles. The van der Waals surface area contributed by atoms with E-state index in [0.29, 0.717) is 6.61 Å². The Labute approximate surface area is 106 Å². The van der Waals surface area contributed by atoms with Crippen molar-refractivity contribution in [3.05, 3.63) is 0 Å². The van der Waals surface area contributed by atoms with Gasteiger partial charge in [-0.25, -0.2) is 0 Å². The van der Waals surface area contributed by atoms with Gasteiger partial charge in [0.25, 0.3) is 0 Å². The molecule has 3 fully saturated rings. The molecule has 0 aromatic rings. The number of fused-ring (bicyclic) bond motifs is 1. The largest absolute Gasteiger partial charge is 0.367 e. The van der Waals surface area contributed by atoms with Crippen molar-refractivity contribution in [1.82, 2.24) is 0 Å². The first-order valence-electron chi connectivity index (χ1n) is 6.28. The highest BCUT2D eigenvalue weighted by molar-refractivity contribution is 4.94. The van der Waals surface area contributed by atoms with E-state index in [4.69, 9.17) is 23.7 Å². The fraction of sp³-hybridized carbons (Fsp3) is 1.00. The average Bonchev–Trinajstić information content (AvgIpc) is 2.75. The fourth-order valence-corrected chi connectivity index (χ4v) is 2.81. The van der Waals surface area contributed by atoms with E-state index >= 15 is 0 Å². The molecule has 6 nitrogen and oxygen atoms in total. The van der Waals surface area contributed by atoms with E-state index in [0.717, 1.165) is 0 Å². The second kappa shape index (κ2) is 3.88. The van der Waals surface area contributed by atoms with Gasteiger partial charge in [-0.15, -0.1) is 0 Å². The molecule has 5 atom stereocenters. The van der Waals surface area contributed by atoms with Gasteiger partial charge in [0.15, 0.2) is 24.2 Å². The van der Waals surface area contributed by atoms with Crippen LogP contribution < -0.4 is 0 Å². The van der Waals surface area contributed by atoms with Gasteiger partial charge in [0, 0.05) is 0 Å². The SMILES string of the molecule is CC1(C)O[C@@H]2O[C@H](O)[C@H]([C@@H]3COC(C)(C)O3)[C@@H]2O1. The lowest BCUT2D eigenvalue weighted by Crippen LogP contribution is -2.40. The van der Waals surface area contributed by atoms with Gasteiger partial charge in [-0.1, -0.05) is 0 Å². The maximum Gasteiger partial charge on any atom is 0.190 e. The van der Waals surface area contributed by atoms with Gasteiger partial charge in [0.2, 0.25) is 0 Å². The molecule has 104 valence electrons. The molecule has 0 aromatic carbocycles. The smallest absolute Gasteiger partial charge is 0.190 e. The Balaban J connectivity index is 1.76. The summed E-state index contributed by atoms with van der Waals surface area (Å²) in [6.45, 7) is 7.78. The molecule has 3 aliphatic rings. The Kier molecular flexibility index (Phi) is 2.75. The molecule has 3 aliphatic heterocycles. The van der Waals surface area contributed by atoms with Gasteiger partial charge in [-0.3, -0.25) is 0 Å². The van der Waals surface area contributed by atoms with Gasteiger partial charge in [0.05, 0.1) is 18.6 Å². The van der Waals surface area contributed by atoms with Crippen LogP contribution >= 0.6 is 0 Å². The van der Waals surface area contributed by atoms with Crippen LogP contribution in [0.1, 0.15) is 27.7 Å². The minimum Gasteiger partial charge on any atom is -0.367 e. The van der Waals surface area contributed by atoms with E-state index in [-0.39, 0.29) is 18.1 Å². The van der Waals surface area contributed by atoms with E-state index in [9.17, 15) is 5.11 Å². The van der Waals surface area contributed by atoms with E-state index < -0.39 is 24.2 Å². The van der Waals surface area contributed by atoms with Crippen LogP contribution in [0.5, 0.6) is 0 Å². The molecule has 0 saturated carbocycles. The van der Waals surface area contributed by atoms with Crippen LogP contribution in [0.25, 0.3) is 0 Å². The van der Waals surface area contributed by atoms with E-state index in [2.05, 4.69) is 0 Å². The zero-order valence-corrected chi connectivity index (χ0v) is 11.1. The molecular weight excluding hydrogens is 240 g/mol. The third-order valence-electron chi connectivity index (χ3n) is 3.53. The van der Waals surface area contributed by atoms with Crippen molar-refractivity contribution in [3.8, 4) is 0 Å². The van der Waals surface area contributed by atoms with Crippen LogP contribution in [-0.2, 0) is 23.7 Å². The van der Waals surface area contributed by atoms with Crippen LogP contribution in [0.4, 0.5) is 0 Å². The molecule has 3 rings (SSSR count). The Bertz CT molecular complexity index is 341. The van der Waals surface area contributed by atoms with E-state index in [1.807, 2.05) is 27.7 Å². The normalized spacial score (nSPS) is 49.5. The quantitative estimate of drug-likeness (QED) is 0.744. The maximum absolute atomic E-state index is 9.98. The van der Waals surface area contributed by atoms with Crippen LogP contribution in [-0.4, -0.2) is 48.1 Å². The van der Waals surface area contributed by atoms with Crippen molar-refractivity contribution in [2.75, 3.05) is 6.61 Å². The van der Waals surface area contributed by atoms with Gasteiger partial charge in [-0.2, -0.15) is 0 Å². The lowest BCUT2D eigenvalue weighted by molar-refractivity contribution is -0.250. The minimum absolute atomic E-state index is 0.248. The summed E-state index contributed by atoms with van der Waals surface area (Å²) in [5, 5.41) is 9.98. The third kappa shape index (κ3) is 2.07. The number of aliphatic hydroxyl groups excluding tert-OH is 1. The van der Waals surface area contributed by atoms with Gasteiger partial charge >= 0.3 is 0 Å². The van der Waals surface area contributed by atoms with Crippen LogP contribution in [0.2, 0.25) is 0 Å². The first kappa shape index (κ1) is 12.8. The monoisotopic (exact) mass is 260 g/mol. The topological polar surface area (TPSA) is 66.4 Å². The Morgan fingerprint density at radius 1 is 1.00 bits per heavy atom. The predicted octanol–water partition coefficient (Wildman–Crippen LogP) is 0.580. The number of aliphatic hydroxyl groups is 1. The zero-order chi connectivity index (χ0) is 13.1. The van der Waals surface area contributed by atoms with Gasteiger partial charge < -0.3 is 28.8 Å². The molecule has 0 spiro atoms. The summed E-state index contributed by atoms with van der Waals surface area (Å²) in [4.78, 5) is 0. The molecule has 0 aliphatic carbocycles. The molecule has 0 aromatic heterocycles. The molecule has 3 heterocycles. The molecule has 1 N–H and O–H groups in total. The Morgan fingerprint density at radius 3 is 2.33 bits per heavy atom. The summed E-state index contributed by atoms with van der Waals surface area (Å²) in [6.07, 6.45) is -2.05. The van der Waals surface area contributed by atoms with Gasteiger partial charge in [-0.05, 0) is 27.7 Å². The van der Waals surface area contributed by atoms with Crippen molar-refractivity contribution < 1.29 is 28.8 Å². The number of hydrogen-bond donors (Lipinski definition) is 1. The highest BCUT2D eigenvalue weighted by Gasteiger charge is 2.58. The van der Waals surface area contributed by atoms with E-state index in [1.165, 1.54) is 0 Å². The standard InChI is InChI=1S/C12H20O6/c1-11(2)14-5-6(16-11)7-8-10(15-9(7)13)18-12(3,4)17-8/h6-10,13H,5H2,1-4H3/t6-,7+,8-,9-,10-/m0/s1. The van der Waals surface area contributed by atoms with E-state index in [1.54, 1.807) is 0 Å². The van der Waals surface area contributed by atoms with Crippen molar-refractivity contribution in [3.63, 3.8) is 0 Å². The second-order valence-electron chi connectivity index (χ2n) is 5.94. The Hall–Kier alpha value is -0.240. The molecule has 18 heavy (non-hydrogen) atoms. The average molecular weight is 260 g/mol. The molecule has 6 heteroatoms. The molecule has 0 unspecified atom stereocenters. The number of ether oxygens (including phenoxy) is 5. The fourth-order valence-electron chi connectivity index (χ4n) is 2.81. The summed E-state index contributed by atoms with van der Waals surface area (Å²) in [5.74, 6) is -1.61. The predicted molar refractivity (Wildman–Crippen MR) is 59.3 cm³/mol. The first-order chi connectivity index (χ1) is 8.27. The lowest BCUT2D eigenvalue weighted by atomic mass is 9.97. The van der Waals surface area contributed by atoms with Crippen molar-refractivity contribution >= 4 is 0 Å². The minimum atomic E-state index is -0.946. The third-order valence-corrected chi connectivity index (χ3v) is 3.53. The first-order valence-corrected chi connectivity index (χ1v) is 6.28. The molecular formula is C12H20O6. The van der Waals surface area contributed by atoms with Crippen LogP contribution in [0.3, 0.4) is 0 Å². The summed E-state index contributed by atoms with van der Waals surface area (Å²) in [5.41, 5.74) is 0. The molecule has 0 amide bonds. The summed E-state index contributed by atoms with van der Waals surface area (Å²) in [6, 6.07) is 0. The Morgan fingerprint density at radius 2 is 1.72 bits per heavy atom. The van der Waals surface area contributed by atoms with Crippen LogP contribution in [0, 0.1) is 5.92 Å². The second-order valence-corrected chi connectivity index (χ2v) is 5.94. The summed E-state index contributed by atoms with van der Waals surface area (Å²) in [7, 11) is 0. The van der Waals surface area contributed by atoms with Crippen molar-refractivity contribution in [2.24, 2.45) is 5.92 Å². The number of hydrogen-bond acceptors (Lipinski definition) is 6. The lowest BCUT2D eigenvalue weighted by Gasteiger charge is -2.27. The highest BCUT2D eigenvalue weighted by Crippen LogP contribution is 2.43. The van der Waals surface area contributed by atoms with Crippen molar-refractivity contribution in [2.45, 2.75) is 64.1 Å². The van der Waals surface area contributed by atoms with Crippen molar-refractivity contribution in [1.29, 1.82) is 0 Å².